The van der Waals surface area contributed by atoms with Crippen molar-refractivity contribution >= 4 is 17.6 Å². The number of phenols is 1. The zero-order valence-electron chi connectivity index (χ0n) is 9.19. The summed E-state index contributed by atoms with van der Waals surface area (Å²) in [5.41, 5.74) is 4.71. The first-order valence-electron chi connectivity index (χ1n) is 4.27. The van der Waals surface area contributed by atoms with E-state index in [2.05, 4.69) is 17.4 Å². The van der Waals surface area contributed by atoms with Crippen LogP contribution in [-0.4, -0.2) is 17.0 Å². The second-order valence-electron chi connectivity index (χ2n) is 2.84. The van der Waals surface area contributed by atoms with Gasteiger partial charge in [0.05, 0.1) is 11.7 Å². The van der Waals surface area contributed by atoms with E-state index in [0.29, 0.717) is 5.69 Å². The summed E-state index contributed by atoms with van der Waals surface area (Å²) in [5.74, 6) is -2.37. The average Bonchev–Trinajstić information content (AvgIpc) is 2.25. The van der Waals surface area contributed by atoms with Crippen molar-refractivity contribution in [2.24, 2.45) is 0 Å². The minimum Gasteiger partial charge on any atom is -0.545 e. The molecule has 0 saturated heterocycles. The van der Waals surface area contributed by atoms with Crippen LogP contribution in [-0.2, 0) is 4.79 Å². The number of carboxylic acids is 1. The van der Waals surface area contributed by atoms with E-state index in [1.54, 1.807) is 0 Å². The van der Waals surface area contributed by atoms with Gasteiger partial charge in [-0.05, 0) is 18.2 Å². The maximum absolute atomic E-state index is 10.8. The molecule has 0 aliphatic carbocycles. The molecule has 1 aromatic carbocycles. The summed E-state index contributed by atoms with van der Waals surface area (Å²) in [5, 5.41) is 19.8. The van der Waals surface area contributed by atoms with Crippen molar-refractivity contribution in [3.63, 3.8) is 0 Å². The number of carbonyl (C=O) groups is 2. The van der Waals surface area contributed by atoms with E-state index in [-0.39, 0.29) is 35.1 Å². The Morgan fingerprint density at radius 1 is 1.41 bits per heavy atom. The number of carbonyl (C=O) groups excluding carboxylic acids is 2. The van der Waals surface area contributed by atoms with Crippen LogP contribution < -0.4 is 45.5 Å². The van der Waals surface area contributed by atoms with Crippen molar-refractivity contribution in [3.05, 3.63) is 36.4 Å². The van der Waals surface area contributed by atoms with Gasteiger partial charge < -0.3 is 15.0 Å². The molecular formula is C10H9N2NaO4. The van der Waals surface area contributed by atoms with Crippen LogP contribution in [0.3, 0.4) is 0 Å². The monoisotopic (exact) mass is 244 g/mol. The minimum atomic E-state index is -1.47. The fraction of sp³-hybridized carbons (Fsp3) is 0. The van der Waals surface area contributed by atoms with Crippen molar-refractivity contribution in [3.8, 4) is 5.75 Å². The van der Waals surface area contributed by atoms with Gasteiger partial charge in [0.15, 0.2) is 0 Å². The minimum absolute atomic E-state index is 0. The van der Waals surface area contributed by atoms with Gasteiger partial charge in [0.2, 0.25) is 0 Å². The van der Waals surface area contributed by atoms with Crippen LogP contribution in [0.2, 0.25) is 0 Å². The first-order chi connectivity index (χ1) is 7.54. The van der Waals surface area contributed by atoms with Crippen molar-refractivity contribution in [2.75, 3.05) is 5.43 Å². The molecule has 0 atom stereocenters. The third-order valence-corrected chi connectivity index (χ3v) is 1.73. The van der Waals surface area contributed by atoms with E-state index in [1.807, 2.05) is 0 Å². The number of nitrogens with one attached hydrogen (secondary N) is 2. The quantitative estimate of drug-likeness (QED) is 0.288. The maximum atomic E-state index is 10.8. The second kappa shape index (κ2) is 6.95. The predicted molar refractivity (Wildman–Crippen MR) is 54.4 cm³/mol. The zero-order chi connectivity index (χ0) is 12.1. The fourth-order valence-electron chi connectivity index (χ4n) is 0.967. The normalized spacial score (nSPS) is 8.71. The Morgan fingerprint density at radius 3 is 2.53 bits per heavy atom. The molecule has 0 heterocycles. The van der Waals surface area contributed by atoms with E-state index in [9.17, 15) is 19.8 Å². The molecule has 1 amide bonds. The van der Waals surface area contributed by atoms with Gasteiger partial charge in [-0.2, -0.15) is 0 Å². The number of carboxylic acid groups (broad SMARTS) is 1. The molecule has 84 valence electrons. The van der Waals surface area contributed by atoms with Gasteiger partial charge in [0.1, 0.15) is 5.75 Å². The van der Waals surface area contributed by atoms with Gasteiger partial charge in [-0.3, -0.25) is 15.6 Å². The van der Waals surface area contributed by atoms with Crippen LogP contribution in [0.25, 0.3) is 0 Å². The number of aromatic carboxylic acids is 1. The van der Waals surface area contributed by atoms with E-state index in [4.69, 9.17) is 0 Å². The SMILES string of the molecule is C=CC(=O)NNc1ccc(C(=O)[O-])c(O)c1.[Na+]. The zero-order valence-corrected chi connectivity index (χ0v) is 11.2. The number of amides is 1. The summed E-state index contributed by atoms with van der Waals surface area (Å²) < 4.78 is 0. The van der Waals surface area contributed by atoms with Crippen molar-refractivity contribution in [1.29, 1.82) is 0 Å². The number of hydrogen-bond acceptors (Lipinski definition) is 5. The summed E-state index contributed by atoms with van der Waals surface area (Å²) in [6.07, 6.45) is 1.06. The van der Waals surface area contributed by atoms with Crippen LogP contribution in [0.5, 0.6) is 5.75 Å². The number of anilines is 1. The van der Waals surface area contributed by atoms with Gasteiger partial charge >= 0.3 is 29.6 Å². The predicted octanol–water partition coefficient (Wildman–Crippen LogP) is -3.61. The van der Waals surface area contributed by atoms with Crippen LogP contribution in [0.1, 0.15) is 10.4 Å². The van der Waals surface area contributed by atoms with Crippen molar-refractivity contribution in [1.82, 2.24) is 5.43 Å². The van der Waals surface area contributed by atoms with E-state index >= 15 is 0 Å². The molecule has 3 N–H and O–H groups in total. The first kappa shape index (κ1) is 15.5. The number of aromatic hydroxyl groups is 1. The van der Waals surface area contributed by atoms with Gasteiger partial charge in [0, 0.05) is 11.6 Å². The summed E-state index contributed by atoms with van der Waals surface area (Å²) >= 11 is 0. The van der Waals surface area contributed by atoms with E-state index in [0.717, 1.165) is 18.2 Å². The van der Waals surface area contributed by atoms with Crippen molar-refractivity contribution in [2.45, 2.75) is 0 Å². The molecule has 1 aromatic rings. The Balaban J connectivity index is 0.00000256. The molecule has 0 fully saturated rings. The number of hydrogen-bond donors (Lipinski definition) is 3. The number of rotatable bonds is 4. The largest absolute Gasteiger partial charge is 1.00 e. The fourth-order valence-corrected chi connectivity index (χ4v) is 0.967. The molecule has 0 aromatic heterocycles. The molecule has 17 heavy (non-hydrogen) atoms. The van der Waals surface area contributed by atoms with Gasteiger partial charge in [-0.15, -0.1) is 0 Å². The molecule has 0 aliphatic heterocycles. The van der Waals surface area contributed by atoms with Crippen LogP contribution in [0, 0.1) is 0 Å². The molecule has 0 aliphatic rings. The third kappa shape index (κ3) is 4.48. The third-order valence-electron chi connectivity index (χ3n) is 1.73. The van der Waals surface area contributed by atoms with Crippen LogP contribution in [0.4, 0.5) is 5.69 Å². The molecule has 0 radical (unpaired) electrons. The van der Waals surface area contributed by atoms with Crippen molar-refractivity contribution < 1.29 is 49.4 Å². The first-order valence-corrected chi connectivity index (χ1v) is 4.27. The summed E-state index contributed by atoms with van der Waals surface area (Å²) in [6.45, 7) is 3.24. The van der Waals surface area contributed by atoms with Gasteiger partial charge in [-0.25, -0.2) is 0 Å². The molecule has 0 spiro atoms. The Hall–Kier alpha value is -1.50. The topological polar surface area (TPSA) is 101 Å². The molecule has 0 unspecified atom stereocenters. The molecule has 7 heteroatoms. The molecular weight excluding hydrogens is 235 g/mol. The molecule has 1 rings (SSSR count). The second-order valence-corrected chi connectivity index (χ2v) is 2.84. The Bertz CT molecular complexity index is 448. The number of hydrazine groups is 1. The summed E-state index contributed by atoms with van der Waals surface area (Å²) in [6, 6.07) is 3.68. The Morgan fingerprint density at radius 2 is 2.06 bits per heavy atom. The smallest absolute Gasteiger partial charge is 0.545 e. The van der Waals surface area contributed by atoms with Gasteiger partial charge in [0.25, 0.3) is 5.91 Å². The maximum Gasteiger partial charge on any atom is 1.00 e. The standard InChI is InChI=1S/C10H10N2O4.Na/c1-2-9(14)12-11-6-3-4-7(10(15)16)8(13)5-6;/h2-5,11,13H,1H2,(H,12,14)(H,15,16);/q;+1/p-1. The Labute approximate surface area is 120 Å². The van der Waals surface area contributed by atoms with Gasteiger partial charge in [-0.1, -0.05) is 6.58 Å². The Kier molecular flexibility index (Phi) is 6.34. The summed E-state index contributed by atoms with van der Waals surface area (Å²) in [4.78, 5) is 21.3. The summed E-state index contributed by atoms with van der Waals surface area (Å²) in [7, 11) is 0. The number of benzene rings is 1. The van der Waals surface area contributed by atoms with Crippen LogP contribution >= 0.6 is 0 Å². The van der Waals surface area contributed by atoms with E-state index < -0.39 is 17.6 Å². The average molecular weight is 244 g/mol. The molecule has 0 saturated carbocycles. The molecule has 0 bridgehead atoms. The van der Waals surface area contributed by atoms with E-state index in [1.165, 1.54) is 6.07 Å². The molecule has 6 nitrogen and oxygen atoms in total. The van der Waals surface area contributed by atoms with Crippen LogP contribution in [0.15, 0.2) is 30.9 Å².